The smallest absolute Gasteiger partial charge is 0.240 e. The molecule has 2 rings (SSSR count). The number of hydrogen-bond donors (Lipinski definition) is 2. The maximum Gasteiger partial charge on any atom is 0.240 e. The number of primary sulfonamides is 1. The summed E-state index contributed by atoms with van der Waals surface area (Å²) in [5, 5.41) is 5.09. The summed E-state index contributed by atoms with van der Waals surface area (Å²) in [6, 6.07) is 10.5. The highest BCUT2D eigenvalue weighted by atomic mass is 32.2. The minimum absolute atomic E-state index is 0.0617. The Bertz CT molecular complexity index is 759. The van der Waals surface area contributed by atoms with Crippen molar-refractivity contribution in [2.45, 2.75) is 18.4 Å². The van der Waals surface area contributed by atoms with E-state index in [-0.39, 0.29) is 10.6 Å². The molecule has 0 unspecified atom stereocenters. The number of nitrogens with zero attached hydrogens (tertiary/aromatic N) is 2. The van der Waals surface area contributed by atoms with Crippen LogP contribution in [0.5, 0.6) is 0 Å². The van der Waals surface area contributed by atoms with E-state index in [1.165, 1.54) is 6.07 Å². The first-order valence-electron chi connectivity index (χ1n) is 6.33. The van der Waals surface area contributed by atoms with E-state index >= 15 is 0 Å². The molecule has 1 aromatic carbocycles. The SMILES string of the molecule is Cc1cccc(CN(C)c2ccc(S(N)(=O)=O)c(N)c2)n1. The summed E-state index contributed by atoms with van der Waals surface area (Å²) in [6.07, 6.45) is 0. The van der Waals surface area contributed by atoms with E-state index in [9.17, 15) is 8.42 Å². The van der Waals surface area contributed by atoms with E-state index in [1.807, 2.05) is 37.1 Å². The normalized spacial score (nSPS) is 11.4. The zero-order chi connectivity index (χ0) is 15.6. The molecule has 1 heterocycles. The van der Waals surface area contributed by atoms with Gasteiger partial charge in [-0.15, -0.1) is 0 Å². The Kier molecular flexibility index (Phi) is 4.15. The number of benzene rings is 1. The van der Waals surface area contributed by atoms with Crippen LogP contribution in [0.25, 0.3) is 0 Å². The summed E-state index contributed by atoms with van der Waals surface area (Å²) in [7, 11) is -1.91. The highest BCUT2D eigenvalue weighted by Crippen LogP contribution is 2.24. The van der Waals surface area contributed by atoms with Crippen molar-refractivity contribution in [3.63, 3.8) is 0 Å². The summed E-state index contributed by atoms with van der Waals surface area (Å²) in [5.41, 5.74) is 8.57. The van der Waals surface area contributed by atoms with E-state index in [4.69, 9.17) is 10.9 Å². The molecule has 0 radical (unpaired) electrons. The van der Waals surface area contributed by atoms with Crippen LogP contribution in [0.1, 0.15) is 11.4 Å². The van der Waals surface area contributed by atoms with Gasteiger partial charge in [0.25, 0.3) is 0 Å². The molecule has 0 spiro atoms. The lowest BCUT2D eigenvalue weighted by Crippen LogP contribution is -2.19. The second-order valence-electron chi connectivity index (χ2n) is 4.89. The maximum atomic E-state index is 11.3. The van der Waals surface area contributed by atoms with Gasteiger partial charge in [0.15, 0.2) is 0 Å². The Hall–Kier alpha value is -2.12. The quantitative estimate of drug-likeness (QED) is 0.828. The second kappa shape index (κ2) is 5.71. The van der Waals surface area contributed by atoms with E-state index in [1.54, 1.807) is 12.1 Å². The summed E-state index contributed by atoms with van der Waals surface area (Å²) in [4.78, 5) is 6.30. The van der Waals surface area contributed by atoms with Crippen LogP contribution in [0.15, 0.2) is 41.3 Å². The Morgan fingerprint density at radius 1 is 1.24 bits per heavy atom. The number of pyridine rings is 1. The number of aryl methyl sites for hydroxylation is 1. The molecular weight excluding hydrogens is 288 g/mol. The molecule has 2 aromatic rings. The fourth-order valence-electron chi connectivity index (χ4n) is 2.05. The molecule has 0 aliphatic rings. The highest BCUT2D eigenvalue weighted by Gasteiger charge is 2.13. The van der Waals surface area contributed by atoms with Crippen molar-refractivity contribution in [1.82, 2.24) is 4.98 Å². The average molecular weight is 306 g/mol. The summed E-state index contributed by atoms with van der Waals surface area (Å²) >= 11 is 0. The van der Waals surface area contributed by atoms with Crippen LogP contribution < -0.4 is 15.8 Å². The number of hydrogen-bond acceptors (Lipinski definition) is 5. The van der Waals surface area contributed by atoms with Crippen LogP contribution in [0.3, 0.4) is 0 Å². The van der Waals surface area contributed by atoms with Crippen LogP contribution in [-0.2, 0) is 16.6 Å². The van der Waals surface area contributed by atoms with Gasteiger partial charge in [0.05, 0.1) is 17.9 Å². The van der Waals surface area contributed by atoms with Gasteiger partial charge in [0.1, 0.15) is 4.90 Å². The average Bonchev–Trinajstić information content (AvgIpc) is 2.37. The molecule has 0 saturated carbocycles. The number of sulfonamides is 1. The van der Waals surface area contributed by atoms with Gasteiger partial charge in [-0.1, -0.05) is 6.07 Å². The molecule has 0 aliphatic heterocycles. The summed E-state index contributed by atoms with van der Waals surface area (Å²) in [5.74, 6) is 0. The number of aromatic nitrogens is 1. The molecule has 0 atom stereocenters. The standard InChI is InChI=1S/C14H18N4O2S/c1-10-4-3-5-11(17-10)9-18(2)12-6-7-14(13(15)8-12)21(16,19)20/h3-8H,9,15H2,1-2H3,(H2,16,19,20). The lowest BCUT2D eigenvalue weighted by Gasteiger charge is -2.20. The van der Waals surface area contributed by atoms with Crippen molar-refractivity contribution in [1.29, 1.82) is 0 Å². The highest BCUT2D eigenvalue weighted by molar-refractivity contribution is 7.89. The van der Waals surface area contributed by atoms with E-state index in [2.05, 4.69) is 4.98 Å². The third kappa shape index (κ3) is 3.71. The molecule has 0 bridgehead atoms. The zero-order valence-corrected chi connectivity index (χ0v) is 12.8. The Balaban J connectivity index is 2.24. The summed E-state index contributed by atoms with van der Waals surface area (Å²) in [6.45, 7) is 2.53. The van der Waals surface area contributed by atoms with Gasteiger partial charge in [0, 0.05) is 18.4 Å². The van der Waals surface area contributed by atoms with Gasteiger partial charge >= 0.3 is 0 Å². The Morgan fingerprint density at radius 3 is 2.52 bits per heavy atom. The van der Waals surface area contributed by atoms with Crippen molar-refractivity contribution in [3.05, 3.63) is 47.8 Å². The fraction of sp³-hybridized carbons (Fsp3) is 0.214. The monoisotopic (exact) mass is 306 g/mol. The van der Waals surface area contributed by atoms with Gasteiger partial charge in [0.2, 0.25) is 10.0 Å². The van der Waals surface area contributed by atoms with Gasteiger partial charge in [-0.25, -0.2) is 13.6 Å². The second-order valence-corrected chi connectivity index (χ2v) is 6.42. The van der Waals surface area contributed by atoms with Crippen molar-refractivity contribution in [2.24, 2.45) is 5.14 Å². The first-order chi connectivity index (χ1) is 9.77. The van der Waals surface area contributed by atoms with Crippen molar-refractivity contribution in [3.8, 4) is 0 Å². The first-order valence-corrected chi connectivity index (χ1v) is 7.88. The Labute approximate surface area is 124 Å². The van der Waals surface area contributed by atoms with Crippen LogP contribution in [-0.4, -0.2) is 20.4 Å². The molecule has 4 N–H and O–H groups in total. The van der Waals surface area contributed by atoms with Crippen LogP contribution in [0.4, 0.5) is 11.4 Å². The predicted octanol–water partition coefficient (Wildman–Crippen LogP) is 1.26. The minimum Gasteiger partial charge on any atom is -0.398 e. The number of nitrogens with two attached hydrogens (primary N) is 2. The molecule has 0 saturated heterocycles. The lowest BCUT2D eigenvalue weighted by molar-refractivity contribution is 0.598. The fourth-order valence-corrected chi connectivity index (χ4v) is 2.70. The van der Waals surface area contributed by atoms with Gasteiger partial charge in [-0.2, -0.15) is 0 Å². The minimum atomic E-state index is -3.80. The topological polar surface area (TPSA) is 102 Å². The van der Waals surface area contributed by atoms with E-state index in [0.29, 0.717) is 6.54 Å². The number of anilines is 2. The van der Waals surface area contributed by atoms with Crippen molar-refractivity contribution < 1.29 is 8.42 Å². The van der Waals surface area contributed by atoms with Gasteiger partial charge in [-0.05, 0) is 37.3 Å². The van der Waals surface area contributed by atoms with E-state index in [0.717, 1.165) is 17.1 Å². The third-order valence-corrected chi connectivity index (χ3v) is 4.07. The molecule has 0 fully saturated rings. The molecule has 112 valence electrons. The van der Waals surface area contributed by atoms with Crippen molar-refractivity contribution >= 4 is 21.4 Å². The Morgan fingerprint density at radius 2 is 1.95 bits per heavy atom. The third-order valence-electron chi connectivity index (χ3n) is 3.09. The van der Waals surface area contributed by atoms with Crippen LogP contribution in [0, 0.1) is 6.92 Å². The molecule has 21 heavy (non-hydrogen) atoms. The molecule has 7 heteroatoms. The molecular formula is C14H18N4O2S. The number of nitrogen functional groups attached to an aromatic ring is 1. The lowest BCUT2D eigenvalue weighted by atomic mass is 10.2. The van der Waals surface area contributed by atoms with Gasteiger partial charge < -0.3 is 10.6 Å². The van der Waals surface area contributed by atoms with E-state index < -0.39 is 10.0 Å². The molecule has 6 nitrogen and oxygen atoms in total. The van der Waals surface area contributed by atoms with Gasteiger partial charge in [-0.3, -0.25) is 4.98 Å². The largest absolute Gasteiger partial charge is 0.398 e. The van der Waals surface area contributed by atoms with Crippen molar-refractivity contribution in [2.75, 3.05) is 17.7 Å². The van der Waals surface area contributed by atoms with Crippen LogP contribution >= 0.6 is 0 Å². The molecule has 0 aliphatic carbocycles. The van der Waals surface area contributed by atoms with Crippen LogP contribution in [0.2, 0.25) is 0 Å². The predicted molar refractivity (Wildman–Crippen MR) is 83.3 cm³/mol. The molecule has 1 aromatic heterocycles. The zero-order valence-electron chi connectivity index (χ0n) is 11.9. The number of rotatable bonds is 4. The first kappa shape index (κ1) is 15.3. The summed E-state index contributed by atoms with van der Waals surface area (Å²) < 4.78 is 22.7. The molecule has 0 amide bonds. The maximum absolute atomic E-state index is 11.3.